The van der Waals surface area contributed by atoms with Crippen LogP contribution in [0.25, 0.3) is 0 Å². The number of aromatic nitrogens is 2. The van der Waals surface area contributed by atoms with Crippen molar-refractivity contribution in [1.29, 1.82) is 0 Å². The fraction of sp³-hybridized carbons (Fsp3) is 0.231. The molecule has 0 aliphatic heterocycles. The SMILES string of the molecule is Cc1nccc(NCc2cccc(C(F)(F)F)c2)n1. The number of alkyl halides is 3. The molecular weight excluding hydrogens is 255 g/mol. The van der Waals surface area contributed by atoms with Gasteiger partial charge in [0.1, 0.15) is 11.6 Å². The maximum absolute atomic E-state index is 12.5. The minimum Gasteiger partial charge on any atom is -0.366 e. The zero-order valence-corrected chi connectivity index (χ0v) is 10.2. The monoisotopic (exact) mass is 267 g/mol. The van der Waals surface area contributed by atoms with E-state index in [-0.39, 0.29) is 6.54 Å². The van der Waals surface area contributed by atoms with Crippen molar-refractivity contribution < 1.29 is 13.2 Å². The lowest BCUT2D eigenvalue weighted by Gasteiger charge is -2.10. The van der Waals surface area contributed by atoms with Gasteiger partial charge in [-0.05, 0) is 30.7 Å². The smallest absolute Gasteiger partial charge is 0.366 e. The van der Waals surface area contributed by atoms with Gasteiger partial charge in [-0.1, -0.05) is 12.1 Å². The van der Waals surface area contributed by atoms with E-state index in [2.05, 4.69) is 15.3 Å². The van der Waals surface area contributed by atoms with E-state index in [0.29, 0.717) is 17.2 Å². The molecule has 0 unspecified atom stereocenters. The Labute approximate surface area is 108 Å². The first-order chi connectivity index (χ1) is 8.95. The number of halogens is 3. The summed E-state index contributed by atoms with van der Waals surface area (Å²) in [7, 11) is 0. The molecule has 0 fully saturated rings. The van der Waals surface area contributed by atoms with E-state index >= 15 is 0 Å². The summed E-state index contributed by atoms with van der Waals surface area (Å²) in [4.78, 5) is 8.06. The molecule has 6 heteroatoms. The molecule has 0 radical (unpaired) electrons. The van der Waals surface area contributed by atoms with E-state index in [9.17, 15) is 13.2 Å². The van der Waals surface area contributed by atoms with Gasteiger partial charge < -0.3 is 5.32 Å². The highest BCUT2D eigenvalue weighted by Gasteiger charge is 2.30. The molecule has 100 valence electrons. The molecule has 1 heterocycles. The zero-order chi connectivity index (χ0) is 13.9. The number of rotatable bonds is 3. The van der Waals surface area contributed by atoms with Crippen LogP contribution in [0.2, 0.25) is 0 Å². The van der Waals surface area contributed by atoms with Crippen LogP contribution in [-0.4, -0.2) is 9.97 Å². The fourth-order valence-electron chi connectivity index (χ4n) is 1.60. The van der Waals surface area contributed by atoms with Crippen LogP contribution in [0.1, 0.15) is 17.0 Å². The summed E-state index contributed by atoms with van der Waals surface area (Å²) in [6.07, 6.45) is -2.72. The van der Waals surface area contributed by atoms with Gasteiger partial charge in [-0.3, -0.25) is 0 Å². The van der Waals surface area contributed by atoms with E-state index in [1.807, 2.05) is 0 Å². The number of hydrogen-bond acceptors (Lipinski definition) is 3. The molecule has 0 bridgehead atoms. The molecule has 2 rings (SSSR count). The van der Waals surface area contributed by atoms with Crippen molar-refractivity contribution in [3.05, 3.63) is 53.5 Å². The van der Waals surface area contributed by atoms with E-state index < -0.39 is 11.7 Å². The summed E-state index contributed by atoms with van der Waals surface area (Å²) < 4.78 is 37.6. The molecule has 0 spiro atoms. The number of nitrogens with zero attached hydrogens (tertiary/aromatic N) is 2. The standard InChI is InChI=1S/C13H12F3N3/c1-9-17-6-5-12(19-9)18-8-10-3-2-4-11(7-10)13(14,15)16/h2-7H,8H2,1H3,(H,17,18,19). The van der Waals surface area contributed by atoms with Gasteiger partial charge in [-0.2, -0.15) is 13.2 Å². The van der Waals surface area contributed by atoms with Crippen LogP contribution in [0, 0.1) is 6.92 Å². The van der Waals surface area contributed by atoms with Gasteiger partial charge in [0.2, 0.25) is 0 Å². The maximum Gasteiger partial charge on any atom is 0.416 e. The Morgan fingerprint density at radius 3 is 2.68 bits per heavy atom. The Morgan fingerprint density at radius 1 is 1.21 bits per heavy atom. The lowest BCUT2D eigenvalue weighted by Crippen LogP contribution is -2.07. The predicted molar refractivity (Wildman–Crippen MR) is 65.5 cm³/mol. The second kappa shape index (κ2) is 5.26. The van der Waals surface area contributed by atoms with Crippen LogP contribution in [0.5, 0.6) is 0 Å². The van der Waals surface area contributed by atoms with Crippen LogP contribution >= 0.6 is 0 Å². The summed E-state index contributed by atoms with van der Waals surface area (Å²) in [5, 5.41) is 2.96. The molecule has 1 N–H and O–H groups in total. The second-order valence-corrected chi connectivity index (χ2v) is 4.04. The second-order valence-electron chi connectivity index (χ2n) is 4.04. The van der Waals surface area contributed by atoms with E-state index in [4.69, 9.17) is 0 Å². The molecule has 2 aromatic rings. The predicted octanol–water partition coefficient (Wildman–Crippen LogP) is 3.42. The molecule has 3 nitrogen and oxygen atoms in total. The Kier molecular flexibility index (Phi) is 3.69. The van der Waals surface area contributed by atoms with Crippen LogP contribution in [0.3, 0.4) is 0 Å². The minimum atomic E-state index is -4.32. The molecule has 1 aromatic carbocycles. The summed E-state index contributed by atoms with van der Waals surface area (Å²) in [6.45, 7) is 2.02. The van der Waals surface area contributed by atoms with Gasteiger partial charge in [-0.25, -0.2) is 9.97 Å². The molecule has 0 saturated heterocycles. The quantitative estimate of drug-likeness (QED) is 0.926. The number of hydrogen-bond donors (Lipinski definition) is 1. The van der Waals surface area contributed by atoms with Crippen molar-refractivity contribution in [3.8, 4) is 0 Å². The van der Waals surface area contributed by atoms with Crippen molar-refractivity contribution in [2.75, 3.05) is 5.32 Å². The van der Waals surface area contributed by atoms with E-state index in [1.165, 1.54) is 6.07 Å². The number of anilines is 1. The average Bonchev–Trinajstić information content (AvgIpc) is 2.36. The van der Waals surface area contributed by atoms with Gasteiger partial charge in [0.15, 0.2) is 0 Å². The lowest BCUT2D eigenvalue weighted by molar-refractivity contribution is -0.137. The minimum absolute atomic E-state index is 0.278. The maximum atomic E-state index is 12.5. The van der Waals surface area contributed by atoms with Gasteiger partial charge in [0.05, 0.1) is 5.56 Å². The first-order valence-electron chi connectivity index (χ1n) is 5.65. The topological polar surface area (TPSA) is 37.8 Å². The lowest BCUT2D eigenvalue weighted by atomic mass is 10.1. The number of aryl methyl sites for hydroxylation is 1. The normalized spacial score (nSPS) is 11.4. The Hall–Kier alpha value is -2.11. The largest absolute Gasteiger partial charge is 0.416 e. The van der Waals surface area contributed by atoms with Crippen molar-refractivity contribution in [2.24, 2.45) is 0 Å². The van der Waals surface area contributed by atoms with Gasteiger partial charge in [-0.15, -0.1) is 0 Å². The van der Waals surface area contributed by atoms with Crippen LogP contribution in [0.15, 0.2) is 36.5 Å². The molecular formula is C13H12F3N3. The third kappa shape index (κ3) is 3.67. The summed E-state index contributed by atoms with van der Waals surface area (Å²) in [6, 6.07) is 6.88. The fourth-order valence-corrected chi connectivity index (χ4v) is 1.60. The van der Waals surface area contributed by atoms with Crippen molar-refractivity contribution >= 4 is 5.82 Å². The van der Waals surface area contributed by atoms with E-state index in [0.717, 1.165) is 12.1 Å². The zero-order valence-electron chi connectivity index (χ0n) is 10.2. The highest BCUT2D eigenvalue weighted by molar-refractivity contribution is 5.35. The third-order valence-electron chi connectivity index (χ3n) is 2.50. The highest BCUT2D eigenvalue weighted by atomic mass is 19.4. The van der Waals surface area contributed by atoms with Gasteiger partial charge in [0, 0.05) is 12.7 Å². The summed E-state index contributed by atoms with van der Waals surface area (Å²) in [5.74, 6) is 1.19. The molecule has 0 aliphatic rings. The Balaban J connectivity index is 2.08. The van der Waals surface area contributed by atoms with Crippen molar-refractivity contribution in [1.82, 2.24) is 9.97 Å². The Bertz CT molecular complexity index is 567. The molecule has 0 aliphatic carbocycles. The number of benzene rings is 1. The average molecular weight is 267 g/mol. The van der Waals surface area contributed by atoms with E-state index in [1.54, 1.807) is 25.3 Å². The Morgan fingerprint density at radius 2 is 2.00 bits per heavy atom. The summed E-state index contributed by atoms with van der Waals surface area (Å²) in [5.41, 5.74) is -0.100. The molecule has 19 heavy (non-hydrogen) atoms. The third-order valence-corrected chi connectivity index (χ3v) is 2.50. The first-order valence-corrected chi connectivity index (χ1v) is 5.65. The highest BCUT2D eigenvalue weighted by Crippen LogP contribution is 2.29. The molecule has 0 amide bonds. The van der Waals surface area contributed by atoms with Crippen LogP contribution < -0.4 is 5.32 Å². The number of nitrogens with one attached hydrogen (secondary N) is 1. The molecule has 1 aromatic heterocycles. The van der Waals surface area contributed by atoms with Crippen molar-refractivity contribution in [2.45, 2.75) is 19.6 Å². The van der Waals surface area contributed by atoms with Crippen LogP contribution in [0.4, 0.5) is 19.0 Å². The first kappa shape index (κ1) is 13.3. The van der Waals surface area contributed by atoms with Crippen LogP contribution in [-0.2, 0) is 12.7 Å². The summed E-state index contributed by atoms with van der Waals surface area (Å²) >= 11 is 0. The van der Waals surface area contributed by atoms with Crippen molar-refractivity contribution in [3.63, 3.8) is 0 Å². The molecule has 0 saturated carbocycles. The van der Waals surface area contributed by atoms with Gasteiger partial charge in [0.25, 0.3) is 0 Å². The van der Waals surface area contributed by atoms with Gasteiger partial charge >= 0.3 is 6.18 Å². The molecule has 0 atom stereocenters.